The zero-order valence-corrected chi connectivity index (χ0v) is 46.2. The number of benzene rings is 9. The van der Waals surface area contributed by atoms with E-state index in [9.17, 15) is 0 Å². The zero-order valence-electron chi connectivity index (χ0n) is 41.4. The fourth-order valence-electron chi connectivity index (χ4n) is 11.8. The standard InChI is InChI=1S/C66H57Si.3ClH.Ti/c1-45-38-41-57(51-26-14-8-15-27-51)63(60(45)54-32-20-11-21-33-54)67(66(7)44-48(4)49(5)50(66)6,64-58(52-28-16-9-17-29-52)42-39-46(2)61(64)55-34-22-12-23-35-55)65-59(53-30-18-10-19-31-53)43-40-47(3)62(65)56-36-24-13-25-37-56;;;;/h8-43H,1-7H3;3*1H;/q;;;;+3/p-3. The normalized spacial score (nSPS) is 14.4. The van der Waals surface area contributed by atoms with E-state index in [0.29, 0.717) is 0 Å². The molecule has 5 heteroatoms. The van der Waals surface area contributed by atoms with Gasteiger partial charge in [0.25, 0.3) is 0 Å². The molecule has 9 aromatic rings. The number of halogens is 3. The molecule has 71 heavy (non-hydrogen) atoms. The Morgan fingerprint density at radius 3 is 0.775 bits per heavy atom. The molecule has 0 nitrogen and oxygen atoms in total. The molecule has 1 aliphatic rings. The van der Waals surface area contributed by atoms with E-state index in [4.69, 9.17) is 0 Å². The Morgan fingerprint density at radius 1 is 0.310 bits per heavy atom. The molecular formula is C66H57Cl3SiTi. The van der Waals surface area contributed by atoms with E-state index in [1.165, 1.54) is 120 Å². The van der Waals surface area contributed by atoms with Gasteiger partial charge in [0, 0.05) is 0 Å². The van der Waals surface area contributed by atoms with E-state index in [-0.39, 0.29) is 37.2 Å². The first kappa shape index (κ1) is 53.1. The summed E-state index contributed by atoms with van der Waals surface area (Å²) in [5.41, 5.74) is 23.2. The Hall–Kier alpha value is -5.74. The monoisotopic (exact) mass is 1030 g/mol. The summed E-state index contributed by atoms with van der Waals surface area (Å²) < 4.78 is 1.44. The van der Waals surface area contributed by atoms with Crippen LogP contribution in [0.5, 0.6) is 0 Å². The molecule has 0 aromatic heterocycles. The summed E-state index contributed by atoms with van der Waals surface area (Å²) in [5.74, 6) is 0. The minimum absolute atomic E-state index is 0. The molecule has 0 radical (unpaired) electrons. The first-order valence-electron chi connectivity index (χ1n) is 23.9. The van der Waals surface area contributed by atoms with Crippen molar-refractivity contribution in [3.8, 4) is 66.8 Å². The number of allylic oxidation sites excluding steroid dienone is 4. The molecule has 1 atom stereocenters. The summed E-state index contributed by atoms with van der Waals surface area (Å²) in [7, 11) is -3.90. The molecule has 0 fully saturated rings. The van der Waals surface area contributed by atoms with Crippen molar-refractivity contribution in [2.24, 2.45) is 0 Å². The second-order valence-corrected chi connectivity index (χ2v) is 23.6. The van der Waals surface area contributed by atoms with Crippen LogP contribution in [0.2, 0.25) is 5.04 Å². The van der Waals surface area contributed by atoms with Crippen LogP contribution in [0.1, 0.15) is 44.4 Å². The smallest absolute Gasteiger partial charge is 1.00 e. The maximum atomic E-state index is 2.67. The average Bonchev–Trinajstić information content (AvgIpc) is 3.53. The van der Waals surface area contributed by atoms with Gasteiger partial charge in [-0.15, -0.1) is 0 Å². The van der Waals surface area contributed by atoms with Crippen LogP contribution in [0.25, 0.3) is 66.8 Å². The molecule has 0 bridgehead atoms. The van der Waals surface area contributed by atoms with E-state index >= 15 is 0 Å². The molecular weight excluding hydrogens is 975 g/mol. The topological polar surface area (TPSA) is 0 Å². The summed E-state index contributed by atoms with van der Waals surface area (Å²) >= 11 is 2.48. The largest absolute Gasteiger partial charge is 1.00 e. The second kappa shape index (κ2) is 21.9. The SMILES string of the molecule is CC1=C(C)C(C)([Si](c2c(-c3ccccc3)ccc(C)c2-c2ccccc2)(c2c(-c3ccccc3)ccc(C)c2-c2ccccc2)c2c(-c3ccccc3)ccc(C)c2-c2ccccc2)[C]([Ti+3])=C1C.[Cl-].[Cl-].[Cl-]. The van der Waals surface area contributed by atoms with Crippen LogP contribution in [0, 0.1) is 20.8 Å². The second-order valence-electron chi connectivity index (χ2n) is 18.9. The average molecular weight is 1030 g/mol. The van der Waals surface area contributed by atoms with Gasteiger partial charge in [-0.05, 0) is 0 Å². The van der Waals surface area contributed by atoms with Gasteiger partial charge in [0.1, 0.15) is 0 Å². The molecule has 0 saturated carbocycles. The summed E-state index contributed by atoms with van der Waals surface area (Å²) in [6.45, 7) is 17.0. The van der Waals surface area contributed by atoms with Crippen LogP contribution in [0.3, 0.4) is 0 Å². The summed E-state index contributed by atoms with van der Waals surface area (Å²) in [5, 5.41) is 3.81. The summed E-state index contributed by atoms with van der Waals surface area (Å²) in [4.78, 5) is 0. The third-order valence-electron chi connectivity index (χ3n) is 15.3. The van der Waals surface area contributed by atoms with Crippen LogP contribution in [-0.4, -0.2) is 8.07 Å². The van der Waals surface area contributed by atoms with E-state index in [1.54, 1.807) is 0 Å². The van der Waals surface area contributed by atoms with Gasteiger partial charge in [0.05, 0.1) is 0 Å². The van der Waals surface area contributed by atoms with Gasteiger partial charge in [0.15, 0.2) is 0 Å². The first-order chi connectivity index (χ1) is 33.1. The van der Waals surface area contributed by atoms with Gasteiger partial charge < -0.3 is 37.2 Å². The van der Waals surface area contributed by atoms with Crippen molar-refractivity contribution in [2.75, 3.05) is 0 Å². The minimum Gasteiger partial charge on any atom is -1.00 e. The van der Waals surface area contributed by atoms with E-state index in [0.717, 1.165) is 0 Å². The van der Waals surface area contributed by atoms with Crippen LogP contribution >= 0.6 is 0 Å². The van der Waals surface area contributed by atoms with Crippen molar-refractivity contribution in [3.05, 3.63) is 256 Å². The molecule has 1 aliphatic carbocycles. The van der Waals surface area contributed by atoms with Gasteiger partial charge >= 0.3 is 420 Å². The quantitative estimate of drug-likeness (QED) is 0.102. The Balaban J connectivity index is 0.00000247. The Labute approximate surface area is 453 Å². The maximum absolute atomic E-state index is 3.90. The van der Waals surface area contributed by atoms with Crippen LogP contribution in [-0.2, 0) is 20.4 Å². The molecule has 0 saturated heterocycles. The van der Waals surface area contributed by atoms with Crippen molar-refractivity contribution >= 4 is 23.6 Å². The molecule has 350 valence electrons. The molecule has 0 amide bonds. The zero-order chi connectivity index (χ0) is 47.2. The van der Waals surface area contributed by atoms with Crippen molar-refractivity contribution < 1.29 is 57.7 Å². The first-order valence-corrected chi connectivity index (χ1v) is 26.7. The Bertz CT molecular complexity index is 3040. The van der Waals surface area contributed by atoms with Crippen molar-refractivity contribution in [1.82, 2.24) is 0 Å². The van der Waals surface area contributed by atoms with Crippen molar-refractivity contribution in [3.63, 3.8) is 0 Å². The number of aryl methyl sites for hydroxylation is 3. The van der Waals surface area contributed by atoms with Gasteiger partial charge in [-0.1, -0.05) is 0 Å². The van der Waals surface area contributed by atoms with Gasteiger partial charge in [-0.3, -0.25) is 0 Å². The van der Waals surface area contributed by atoms with Crippen LogP contribution in [0.15, 0.2) is 239 Å². The summed E-state index contributed by atoms with van der Waals surface area (Å²) in [6, 6.07) is 82.5. The third kappa shape index (κ3) is 8.80. The minimum atomic E-state index is -3.90. The Morgan fingerprint density at radius 2 is 0.549 bits per heavy atom. The number of rotatable bonds is 10. The summed E-state index contributed by atoms with van der Waals surface area (Å²) in [6.07, 6.45) is 0. The number of hydrogen-bond donors (Lipinski definition) is 0. The van der Waals surface area contributed by atoms with Gasteiger partial charge in [0.2, 0.25) is 0 Å². The predicted octanol–water partition coefficient (Wildman–Crippen LogP) is 7.03. The van der Waals surface area contributed by atoms with Crippen LogP contribution in [0.4, 0.5) is 0 Å². The van der Waals surface area contributed by atoms with Crippen molar-refractivity contribution in [2.45, 2.75) is 53.5 Å². The van der Waals surface area contributed by atoms with Crippen LogP contribution < -0.4 is 52.8 Å². The molecule has 0 N–H and O–H groups in total. The molecule has 0 spiro atoms. The van der Waals surface area contributed by atoms with E-state index in [1.807, 2.05) is 0 Å². The van der Waals surface area contributed by atoms with Crippen molar-refractivity contribution in [1.29, 1.82) is 0 Å². The fourth-order valence-corrected chi connectivity index (χ4v) is 20.9. The molecule has 1 unspecified atom stereocenters. The van der Waals surface area contributed by atoms with Gasteiger partial charge in [-0.2, -0.15) is 0 Å². The number of hydrogen-bond acceptors (Lipinski definition) is 0. The third-order valence-corrected chi connectivity index (χ3v) is 23.0. The molecule has 0 aliphatic heterocycles. The predicted molar refractivity (Wildman–Crippen MR) is 290 cm³/mol. The maximum Gasteiger partial charge on any atom is -1.00 e. The van der Waals surface area contributed by atoms with Gasteiger partial charge in [-0.25, -0.2) is 0 Å². The molecule has 10 rings (SSSR count). The fraction of sp³-hybridized carbons (Fsp3) is 0.121. The van der Waals surface area contributed by atoms with E-state index < -0.39 is 13.1 Å². The Kier molecular flexibility index (Phi) is 16.4. The van der Waals surface area contributed by atoms with E-state index in [2.05, 4.69) is 287 Å². The molecule has 9 aromatic carbocycles. The molecule has 0 heterocycles.